The highest BCUT2D eigenvalue weighted by Gasteiger charge is 2.19. The monoisotopic (exact) mass is 627 g/mol. The van der Waals surface area contributed by atoms with Crippen LogP contribution >= 0.6 is 0 Å². The van der Waals surface area contributed by atoms with Gasteiger partial charge in [0.05, 0.1) is 22.2 Å². The van der Waals surface area contributed by atoms with Crippen molar-refractivity contribution in [2.45, 2.75) is 6.92 Å². The van der Waals surface area contributed by atoms with Gasteiger partial charge in [0.25, 0.3) is 0 Å². The van der Waals surface area contributed by atoms with Gasteiger partial charge in [0, 0.05) is 43.7 Å². The third-order valence-electron chi connectivity index (χ3n) is 9.68. The van der Waals surface area contributed by atoms with Gasteiger partial charge >= 0.3 is 0 Å². The van der Waals surface area contributed by atoms with Gasteiger partial charge < -0.3 is 8.98 Å². The standard InChI is InChI=1S/C45H29N3O/c1-28-18-20-29(21-19-28)44-34-13-5-7-15-38(34)46-45(47-44)35-14-9-17-42-43(35)37-27-31(23-25-41(37)49-42)30-22-24-40-36(26-30)33-12-6-8-16-39(33)48(40)32-10-3-2-4-11-32/h2-27H,1H3. The fourth-order valence-corrected chi connectivity index (χ4v) is 7.33. The minimum atomic E-state index is 0.683. The van der Waals surface area contributed by atoms with Gasteiger partial charge in [-0.3, -0.25) is 0 Å². The molecule has 0 aliphatic heterocycles. The van der Waals surface area contributed by atoms with Crippen molar-refractivity contribution in [1.29, 1.82) is 0 Å². The number of para-hydroxylation sites is 3. The van der Waals surface area contributed by atoms with E-state index in [0.717, 1.165) is 66.5 Å². The molecule has 0 radical (unpaired) electrons. The van der Waals surface area contributed by atoms with E-state index in [9.17, 15) is 0 Å². The summed E-state index contributed by atoms with van der Waals surface area (Å²) in [4.78, 5) is 10.3. The maximum Gasteiger partial charge on any atom is 0.161 e. The second-order valence-corrected chi connectivity index (χ2v) is 12.7. The summed E-state index contributed by atoms with van der Waals surface area (Å²) in [6.07, 6.45) is 0. The molecule has 10 aromatic rings. The molecule has 0 amide bonds. The van der Waals surface area contributed by atoms with E-state index in [1.165, 1.54) is 27.4 Å². The summed E-state index contributed by atoms with van der Waals surface area (Å²) >= 11 is 0. The molecule has 7 aromatic carbocycles. The minimum Gasteiger partial charge on any atom is -0.456 e. The van der Waals surface area contributed by atoms with Gasteiger partial charge in [0.1, 0.15) is 11.2 Å². The molecule has 0 saturated heterocycles. The van der Waals surface area contributed by atoms with Gasteiger partial charge in [-0.25, -0.2) is 9.97 Å². The molecule has 0 unspecified atom stereocenters. The first kappa shape index (κ1) is 27.6. The largest absolute Gasteiger partial charge is 0.456 e. The maximum atomic E-state index is 6.44. The van der Waals surface area contributed by atoms with Crippen LogP contribution in [-0.4, -0.2) is 14.5 Å². The quantitative estimate of drug-likeness (QED) is 0.195. The number of aryl methyl sites for hydroxylation is 1. The van der Waals surface area contributed by atoms with E-state index in [1.807, 2.05) is 24.3 Å². The smallest absolute Gasteiger partial charge is 0.161 e. The van der Waals surface area contributed by atoms with Gasteiger partial charge in [-0.1, -0.05) is 109 Å². The number of aromatic nitrogens is 3. The number of rotatable bonds is 4. The predicted octanol–water partition coefficient (Wildman–Crippen LogP) is 11.9. The van der Waals surface area contributed by atoms with E-state index in [-0.39, 0.29) is 0 Å². The van der Waals surface area contributed by atoms with Gasteiger partial charge in [0.2, 0.25) is 0 Å². The minimum absolute atomic E-state index is 0.683. The predicted molar refractivity (Wildman–Crippen MR) is 202 cm³/mol. The fourth-order valence-electron chi connectivity index (χ4n) is 7.33. The lowest BCUT2D eigenvalue weighted by Crippen LogP contribution is -1.95. The summed E-state index contributed by atoms with van der Waals surface area (Å²) in [6, 6.07) is 55.5. The Bertz CT molecular complexity index is 2880. The number of hydrogen-bond acceptors (Lipinski definition) is 3. The highest BCUT2D eigenvalue weighted by molar-refractivity contribution is 6.14. The van der Waals surface area contributed by atoms with Crippen molar-refractivity contribution in [2.75, 3.05) is 0 Å². The number of fused-ring (bicyclic) bond motifs is 7. The second-order valence-electron chi connectivity index (χ2n) is 12.7. The third-order valence-corrected chi connectivity index (χ3v) is 9.68. The topological polar surface area (TPSA) is 43.9 Å². The molecule has 0 spiro atoms. The summed E-state index contributed by atoms with van der Waals surface area (Å²) < 4.78 is 8.79. The van der Waals surface area contributed by atoms with Crippen molar-refractivity contribution in [3.8, 4) is 39.5 Å². The Kier molecular flexibility index (Phi) is 6.06. The van der Waals surface area contributed by atoms with Crippen LogP contribution < -0.4 is 0 Å². The Hall–Kier alpha value is -6.52. The van der Waals surface area contributed by atoms with Crippen molar-refractivity contribution >= 4 is 54.6 Å². The fraction of sp³-hybridized carbons (Fsp3) is 0.0222. The zero-order valence-corrected chi connectivity index (χ0v) is 26.8. The molecule has 0 aliphatic carbocycles. The first-order valence-corrected chi connectivity index (χ1v) is 16.6. The zero-order chi connectivity index (χ0) is 32.5. The average molecular weight is 628 g/mol. The van der Waals surface area contributed by atoms with Crippen LogP contribution in [0.5, 0.6) is 0 Å². The molecule has 4 heteroatoms. The number of benzene rings is 7. The summed E-state index contributed by atoms with van der Waals surface area (Å²) in [6.45, 7) is 2.10. The summed E-state index contributed by atoms with van der Waals surface area (Å²) in [7, 11) is 0. The summed E-state index contributed by atoms with van der Waals surface area (Å²) in [5, 5.41) is 5.56. The van der Waals surface area contributed by atoms with Crippen LogP contribution in [-0.2, 0) is 0 Å². The summed E-state index contributed by atoms with van der Waals surface area (Å²) in [5.41, 5.74) is 12.6. The number of nitrogens with zero attached hydrogens (tertiary/aromatic N) is 3. The molecule has 49 heavy (non-hydrogen) atoms. The van der Waals surface area contributed by atoms with Crippen LogP contribution in [0.4, 0.5) is 0 Å². The highest BCUT2D eigenvalue weighted by atomic mass is 16.3. The third kappa shape index (κ3) is 4.38. The molecule has 0 bridgehead atoms. The molecule has 230 valence electrons. The first-order valence-electron chi connectivity index (χ1n) is 16.6. The van der Waals surface area contributed by atoms with Crippen molar-refractivity contribution in [3.05, 3.63) is 163 Å². The van der Waals surface area contributed by atoms with Crippen LogP contribution in [0.3, 0.4) is 0 Å². The van der Waals surface area contributed by atoms with Crippen LogP contribution in [0.2, 0.25) is 0 Å². The molecule has 3 aromatic heterocycles. The van der Waals surface area contributed by atoms with E-state index in [0.29, 0.717) is 5.82 Å². The maximum absolute atomic E-state index is 6.44. The van der Waals surface area contributed by atoms with Crippen LogP contribution in [0, 0.1) is 6.92 Å². The highest BCUT2D eigenvalue weighted by Crippen LogP contribution is 2.40. The lowest BCUT2D eigenvalue weighted by Gasteiger charge is -2.10. The Balaban J connectivity index is 1.17. The van der Waals surface area contributed by atoms with Crippen LogP contribution in [0.15, 0.2) is 162 Å². The average Bonchev–Trinajstić information content (AvgIpc) is 3.70. The van der Waals surface area contributed by atoms with Gasteiger partial charge in [-0.2, -0.15) is 0 Å². The molecule has 0 fully saturated rings. The molecule has 0 saturated carbocycles. The normalized spacial score (nSPS) is 11.8. The van der Waals surface area contributed by atoms with Crippen molar-refractivity contribution in [2.24, 2.45) is 0 Å². The second kappa shape index (κ2) is 10.8. The lowest BCUT2D eigenvalue weighted by molar-refractivity contribution is 0.669. The lowest BCUT2D eigenvalue weighted by atomic mass is 9.99. The summed E-state index contributed by atoms with van der Waals surface area (Å²) in [5.74, 6) is 0.683. The molecule has 0 atom stereocenters. The van der Waals surface area contributed by atoms with Crippen molar-refractivity contribution in [1.82, 2.24) is 14.5 Å². The Morgan fingerprint density at radius 2 is 1.18 bits per heavy atom. The van der Waals surface area contributed by atoms with E-state index in [4.69, 9.17) is 14.4 Å². The van der Waals surface area contributed by atoms with E-state index in [1.54, 1.807) is 0 Å². The number of furan rings is 1. The van der Waals surface area contributed by atoms with E-state index >= 15 is 0 Å². The van der Waals surface area contributed by atoms with Gasteiger partial charge in [-0.05, 0) is 72.6 Å². The Morgan fingerprint density at radius 3 is 2.04 bits per heavy atom. The molecule has 10 rings (SSSR count). The Morgan fingerprint density at radius 1 is 0.490 bits per heavy atom. The van der Waals surface area contributed by atoms with Crippen molar-refractivity contribution in [3.63, 3.8) is 0 Å². The zero-order valence-electron chi connectivity index (χ0n) is 26.8. The van der Waals surface area contributed by atoms with Gasteiger partial charge in [-0.15, -0.1) is 0 Å². The van der Waals surface area contributed by atoms with Crippen LogP contribution in [0.1, 0.15) is 5.56 Å². The van der Waals surface area contributed by atoms with Crippen molar-refractivity contribution < 1.29 is 4.42 Å². The molecular formula is C45H29N3O. The molecule has 4 nitrogen and oxygen atoms in total. The molecule has 3 heterocycles. The first-order chi connectivity index (χ1) is 24.2. The van der Waals surface area contributed by atoms with Gasteiger partial charge in [0.15, 0.2) is 5.82 Å². The SMILES string of the molecule is Cc1ccc(-c2nc(-c3cccc4oc5ccc(-c6ccc7c(c6)c6ccccc6n7-c6ccccc6)cc5c34)nc3ccccc23)cc1. The molecule has 0 aliphatic rings. The van der Waals surface area contributed by atoms with Crippen LogP contribution in [0.25, 0.3) is 94.1 Å². The van der Waals surface area contributed by atoms with E-state index < -0.39 is 0 Å². The molecular weight excluding hydrogens is 599 g/mol. The number of hydrogen-bond donors (Lipinski definition) is 0. The Labute approximate surface area is 282 Å². The molecule has 0 N–H and O–H groups in total. The van der Waals surface area contributed by atoms with E-state index in [2.05, 4.69) is 145 Å².